The van der Waals surface area contributed by atoms with E-state index in [9.17, 15) is 10.5 Å². The van der Waals surface area contributed by atoms with E-state index in [-0.39, 0.29) is 5.57 Å². The largest absolute Gasteiger partial charge is 0.358 e. The Morgan fingerprint density at radius 2 is 1.83 bits per heavy atom. The quantitative estimate of drug-likeness (QED) is 0.723. The molecule has 110 valence electrons. The van der Waals surface area contributed by atoms with Gasteiger partial charge >= 0.3 is 0 Å². The standard InChI is InChI=1S/C20H15N3/c21-11-14(12-22)16-6-3-7-19-18(16)10-17-15-5-2-1-4-13(15)8-9-20(17)23-19/h1-2,4-5,8-9,23H,3,6-7,10H2. The molecule has 0 aromatic heterocycles. The van der Waals surface area contributed by atoms with Gasteiger partial charge in [-0.1, -0.05) is 30.3 Å². The topological polar surface area (TPSA) is 59.6 Å². The monoisotopic (exact) mass is 297 g/mol. The number of nitrogens with zero attached hydrogens (tertiary/aromatic N) is 2. The molecule has 0 radical (unpaired) electrons. The minimum atomic E-state index is 0.266. The van der Waals surface area contributed by atoms with Crippen LogP contribution in [0.1, 0.15) is 24.8 Å². The number of rotatable bonds is 0. The van der Waals surface area contributed by atoms with E-state index < -0.39 is 0 Å². The van der Waals surface area contributed by atoms with Crippen LogP contribution in [0.5, 0.6) is 0 Å². The predicted molar refractivity (Wildman–Crippen MR) is 90.4 cm³/mol. The molecule has 0 saturated carbocycles. The summed E-state index contributed by atoms with van der Waals surface area (Å²) in [5.74, 6) is 0. The first kappa shape index (κ1) is 13.6. The minimum Gasteiger partial charge on any atom is -0.358 e. The summed E-state index contributed by atoms with van der Waals surface area (Å²) in [6.45, 7) is 0. The Hall–Kier alpha value is -3.04. The van der Waals surface area contributed by atoms with Gasteiger partial charge in [0.2, 0.25) is 0 Å². The molecule has 3 nitrogen and oxygen atoms in total. The molecule has 23 heavy (non-hydrogen) atoms. The maximum Gasteiger partial charge on any atom is 0.133 e. The van der Waals surface area contributed by atoms with E-state index in [1.54, 1.807) is 0 Å². The Labute approximate surface area is 135 Å². The van der Waals surface area contributed by atoms with Crippen molar-refractivity contribution < 1.29 is 0 Å². The van der Waals surface area contributed by atoms with E-state index in [0.29, 0.717) is 0 Å². The highest BCUT2D eigenvalue weighted by molar-refractivity contribution is 5.92. The molecule has 0 atom stereocenters. The number of allylic oxidation sites excluding steroid dienone is 4. The van der Waals surface area contributed by atoms with E-state index in [2.05, 4.69) is 47.8 Å². The number of hydrogen-bond acceptors (Lipinski definition) is 3. The van der Waals surface area contributed by atoms with Crippen molar-refractivity contribution in [3.05, 3.63) is 64.4 Å². The van der Waals surface area contributed by atoms with Gasteiger partial charge in [-0.3, -0.25) is 0 Å². The lowest BCUT2D eigenvalue weighted by molar-refractivity contribution is 0.746. The van der Waals surface area contributed by atoms with Crippen LogP contribution in [0.25, 0.3) is 10.8 Å². The minimum absolute atomic E-state index is 0.266. The van der Waals surface area contributed by atoms with Crippen molar-refractivity contribution in [1.29, 1.82) is 10.5 Å². The van der Waals surface area contributed by atoms with Gasteiger partial charge in [-0.25, -0.2) is 0 Å². The number of benzene rings is 2. The second kappa shape index (κ2) is 5.30. The van der Waals surface area contributed by atoms with Crippen LogP contribution in [0.15, 0.2) is 58.8 Å². The fraction of sp³-hybridized carbons (Fsp3) is 0.200. The maximum atomic E-state index is 9.26. The van der Waals surface area contributed by atoms with Gasteiger partial charge in [0.25, 0.3) is 0 Å². The van der Waals surface area contributed by atoms with Crippen LogP contribution in [-0.2, 0) is 6.42 Å². The van der Waals surface area contributed by atoms with Crippen molar-refractivity contribution in [3.63, 3.8) is 0 Å². The molecule has 0 saturated heterocycles. The Balaban J connectivity index is 1.91. The zero-order chi connectivity index (χ0) is 15.8. The summed E-state index contributed by atoms with van der Waals surface area (Å²) in [5.41, 5.74) is 5.94. The molecule has 1 aliphatic heterocycles. The second-order valence-electron chi connectivity index (χ2n) is 6.00. The SMILES string of the molecule is N#CC(C#N)=C1CCCC2=C1Cc1c(ccc3ccccc13)N2. The number of nitriles is 2. The fourth-order valence-electron chi connectivity index (χ4n) is 3.70. The zero-order valence-electron chi connectivity index (χ0n) is 12.7. The van der Waals surface area contributed by atoms with Gasteiger partial charge in [-0.15, -0.1) is 0 Å². The van der Waals surface area contributed by atoms with Crippen LogP contribution in [0.2, 0.25) is 0 Å². The lowest BCUT2D eigenvalue weighted by atomic mass is 9.81. The molecular formula is C20H15N3. The highest BCUT2D eigenvalue weighted by atomic mass is 14.9. The molecule has 1 N–H and O–H groups in total. The summed E-state index contributed by atoms with van der Waals surface area (Å²) in [7, 11) is 0. The fourth-order valence-corrected chi connectivity index (χ4v) is 3.70. The van der Waals surface area contributed by atoms with Crippen molar-refractivity contribution in [2.75, 3.05) is 5.32 Å². The molecule has 1 heterocycles. The number of anilines is 1. The van der Waals surface area contributed by atoms with Crippen LogP contribution in [0.3, 0.4) is 0 Å². The molecule has 2 aromatic rings. The van der Waals surface area contributed by atoms with Gasteiger partial charge in [0, 0.05) is 17.8 Å². The molecular weight excluding hydrogens is 282 g/mol. The van der Waals surface area contributed by atoms with Crippen LogP contribution in [0.4, 0.5) is 5.69 Å². The lowest BCUT2D eigenvalue weighted by Crippen LogP contribution is -2.19. The van der Waals surface area contributed by atoms with Gasteiger partial charge in [0.05, 0.1) is 0 Å². The van der Waals surface area contributed by atoms with Gasteiger partial charge in [-0.2, -0.15) is 10.5 Å². The van der Waals surface area contributed by atoms with E-state index in [1.807, 2.05) is 6.07 Å². The predicted octanol–water partition coefficient (Wildman–Crippen LogP) is 4.59. The number of hydrogen-bond donors (Lipinski definition) is 1. The van der Waals surface area contributed by atoms with Gasteiger partial charge in [-0.05, 0) is 52.8 Å². The van der Waals surface area contributed by atoms with Gasteiger partial charge in [0.15, 0.2) is 0 Å². The zero-order valence-corrected chi connectivity index (χ0v) is 12.7. The molecule has 3 heteroatoms. The Morgan fingerprint density at radius 3 is 2.65 bits per heavy atom. The molecule has 2 aliphatic rings. The van der Waals surface area contributed by atoms with E-state index in [4.69, 9.17) is 0 Å². The highest BCUT2D eigenvalue weighted by Gasteiger charge is 2.26. The third kappa shape index (κ3) is 2.10. The summed E-state index contributed by atoms with van der Waals surface area (Å²) < 4.78 is 0. The van der Waals surface area contributed by atoms with Crippen LogP contribution >= 0.6 is 0 Å². The van der Waals surface area contributed by atoms with Crippen molar-refractivity contribution in [3.8, 4) is 12.1 Å². The van der Waals surface area contributed by atoms with Gasteiger partial charge < -0.3 is 5.32 Å². The third-order valence-corrected chi connectivity index (χ3v) is 4.79. The van der Waals surface area contributed by atoms with E-state index in [1.165, 1.54) is 22.0 Å². The first-order valence-electron chi connectivity index (χ1n) is 7.85. The van der Waals surface area contributed by atoms with Crippen molar-refractivity contribution >= 4 is 16.5 Å². The summed E-state index contributed by atoms with van der Waals surface area (Å²) in [5, 5.41) is 24.5. The van der Waals surface area contributed by atoms with Crippen molar-refractivity contribution in [2.24, 2.45) is 0 Å². The smallest absolute Gasteiger partial charge is 0.133 e. The molecule has 0 unspecified atom stereocenters. The average Bonchev–Trinajstić information content (AvgIpc) is 2.61. The molecule has 0 amide bonds. The molecule has 2 aromatic carbocycles. The average molecular weight is 297 g/mol. The van der Waals surface area contributed by atoms with Crippen LogP contribution in [-0.4, -0.2) is 0 Å². The first-order chi connectivity index (χ1) is 11.3. The third-order valence-electron chi connectivity index (χ3n) is 4.79. The summed E-state index contributed by atoms with van der Waals surface area (Å²) >= 11 is 0. The summed E-state index contributed by atoms with van der Waals surface area (Å²) in [6, 6.07) is 16.8. The normalized spacial score (nSPS) is 16.0. The molecule has 0 spiro atoms. The van der Waals surface area contributed by atoms with E-state index >= 15 is 0 Å². The van der Waals surface area contributed by atoms with Gasteiger partial charge in [0.1, 0.15) is 17.7 Å². The van der Waals surface area contributed by atoms with Crippen molar-refractivity contribution in [1.82, 2.24) is 0 Å². The molecule has 1 aliphatic carbocycles. The van der Waals surface area contributed by atoms with E-state index in [0.717, 1.165) is 42.5 Å². The second-order valence-corrected chi connectivity index (χ2v) is 6.00. The summed E-state index contributed by atoms with van der Waals surface area (Å²) in [6.07, 6.45) is 3.57. The maximum absolute atomic E-state index is 9.26. The lowest BCUT2D eigenvalue weighted by Gasteiger charge is -2.30. The molecule has 0 fully saturated rings. The van der Waals surface area contributed by atoms with Crippen molar-refractivity contribution in [2.45, 2.75) is 25.7 Å². The molecule has 4 rings (SSSR count). The highest BCUT2D eigenvalue weighted by Crippen LogP contribution is 2.41. The Kier molecular flexibility index (Phi) is 3.14. The van der Waals surface area contributed by atoms with Crippen LogP contribution < -0.4 is 5.32 Å². The Morgan fingerprint density at radius 1 is 1.00 bits per heavy atom. The first-order valence-corrected chi connectivity index (χ1v) is 7.85. The molecule has 0 bridgehead atoms. The number of nitrogens with one attached hydrogen (secondary N) is 1. The Bertz CT molecular complexity index is 949. The summed E-state index contributed by atoms with van der Waals surface area (Å²) in [4.78, 5) is 0. The van der Waals surface area contributed by atoms with Crippen LogP contribution in [0, 0.1) is 22.7 Å². The number of fused-ring (bicyclic) bond motifs is 3.